The van der Waals surface area contributed by atoms with E-state index >= 15 is 0 Å². The fourth-order valence-electron chi connectivity index (χ4n) is 0. The molecule has 6 N–H and O–H groups in total. The molecule has 14 heteroatoms. The topological polar surface area (TPSA) is 283 Å². The van der Waals surface area contributed by atoms with Gasteiger partial charge in [0.2, 0.25) is 0 Å². The predicted octanol–water partition coefficient (Wildman–Crippen LogP) is -8.88. The predicted molar refractivity (Wildman–Crippen MR) is 56.3 cm³/mol. The van der Waals surface area contributed by atoms with E-state index in [0.717, 1.165) is 42.7 Å². The molecule has 0 unspecified atom stereocenters. The minimum absolute atomic E-state index is 0. The van der Waals surface area contributed by atoms with Gasteiger partial charge in [-0.05, 0) is 0 Å². The summed E-state index contributed by atoms with van der Waals surface area (Å²) in [5.41, 5.74) is 11.5. The molecule has 0 rings (SSSR count). The average molecular weight is 476 g/mol. The molecule has 0 saturated carbocycles. The van der Waals surface area contributed by atoms with E-state index in [9.17, 15) is 0 Å². The molecule has 0 amide bonds. The number of hydrogen-bond acceptors (Lipinski definition) is 8. The van der Waals surface area contributed by atoms with Crippen LogP contribution in [0.4, 0.5) is 0 Å². The largest absolute Gasteiger partial charge is 2.00 e. The van der Waals surface area contributed by atoms with Gasteiger partial charge in [0.25, 0.3) is 0 Å². The van der Waals surface area contributed by atoms with Crippen LogP contribution < -0.4 is 41.8 Å². The summed E-state index contributed by atoms with van der Waals surface area (Å²) in [4.78, 5) is 14.5. The van der Waals surface area contributed by atoms with Gasteiger partial charge in [0, 0.05) is 0 Å². The molecule has 0 saturated heterocycles. The Bertz CT molecular complexity index is 35.7. The Morgan fingerprint density at radius 3 is 0.400 bits per heavy atom. The third-order valence-corrected chi connectivity index (χ3v) is 0. The molecule has 0 aromatic heterocycles. The summed E-state index contributed by atoms with van der Waals surface area (Å²) in [6.07, 6.45) is 0. The monoisotopic (exact) mass is 480 g/mol. The summed E-state index contributed by atoms with van der Waals surface area (Å²) in [5, 5.41) is 49.5. The fourth-order valence-corrected chi connectivity index (χ4v) is 0. The van der Waals surface area contributed by atoms with Crippen molar-refractivity contribution < 1.29 is 83.7 Å². The summed E-state index contributed by atoms with van der Waals surface area (Å²) in [5.74, 6) is 0. The van der Waals surface area contributed by atoms with Crippen LogP contribution in [0.2, 0.25) is 0 Å². The molecule has 2 radical (unpaired) electrons. The van der Waals surface area contributed by atoms with Gasteiger partial charge in [-0.25, -0.2) is 0 Å². The minimum atomic E-state index is 0. The average Bonchev–Trinajstić information content (AvgIpc) is 2.54. The van der Waals surface area contributed by atoms with Crippen molar-refractivity contribution in [3.8, 4) is 0 Å². The van der Waals surface area contributed by atoms with Crippen molar-refractivity contribution in [2.24, 2.45) is 0 Å². The summed E-state index contributed by atoms with van der Waals surface area (Å²) in [7, 11) is 4.50. The first-order chi connectivity index (χ1) is 8.00. The van der Waals surface area contributed by atoms with Crippen LogP contribution in [0.1, 0.15) is 0 Å². The Hall–Kier alpha value is 0.257. The number of nitrogens with zero attached hydrogens (tertiary/aromatic N) is 2. The first-order valence-electron chi connectivity index (χ1n) is 2.81. The zero-order valence-corrected chi connectivity index (χ0v) is 16.1. The first kappa shape index (κ1) is 110. The molecule has 0 heterocycles. The molecule has 0 atom stereocenters. The Labute approximate surface area is 147 Å². The van der Waals surface area contributed by atoms with Crippen LogP contribution in [0.5, 0.6) is 0 Å². The van der Waals surface area contributed by atoms with Crippen LogP contribution in [0, 0.1) is 9.81 Å². The van der Waals surface area contributed by atoms with Crippen LogP contribution >= 0.6 is 0 Å². The molecule has 0 fully saturated rings. The van der Waals surface area contributed by atoms with Crippen molar-refractivity contribution in [3.63, 3.8) is 0 Å². The van der Waals surface area contributed by atoms with E-state index in [2.05, 4.69) is 0 Å². The van der Waals surface area contributed by atoms with Crippen LogP contribution in [0.3, 0.4) is 0 Å². The van der Waals surface area contributed by atoms with Crippen molar-refractivity contribution in [1.82, 2.24) is 11.2 Å². The van der Waals surface area contributed by atoms with Crippen molar-refractivity contribution >= 4 is 0 Å². The zero-order chi connectivity index (χ0) is 16.0. The smallest absolute Gasteiger partial charge is 0.857 e. The standard InChI is InChI=1S/6CH3O.2Mo.2NO.2H2O/c6*1-2;;;2*1-2;;/h6*1H3;;;;;2*1H2/q6*-1;2*+2;;;;/p+2. The second-order valence-corrected chi connectivity index (χ2v) is 0. The van der Waals surface area contributed by atoms with Crippen LogP contribution in [-0.2, 0) is 53.1 Å². The van der Waals surface area contributed by atoms with Gasteiger partial charge in [0.15, 0.2) is 0 Å². The first-order valence-corrected chi connectivity index (χ1v) is 2.81. The van der Waals surface area contributed by atoms with Gasteiger partial charge in [0.05, 0.1) is 0 Å². The molecule has 0 aliphatic heterocycles. The normalized spacial score (nSPS) is 2.20. The SMILES string of the molecule is C[O-].C[O-].C[O-].C[O-].C[O-].C[O-].[Mo+2].[Mo+2].[N]=O.[N]=O.[OH3+].[OH3+]. The molecule has 0 aliphatic carbocycles. The molecule has 0 spiro atoms. The van der Waals surface area contributed by atoms with E-state index in [1.54, 1.807) is 0 Å². The van der Waals surface area contributed by atoms with Crippen molar-refractivity contribution in [3.05, 3.63) is 9.81 Å². The molecule has 0 aliphatic rings. The summed E-state index contributed by atoms with van der Waals surface area (Å²) < 4.78 is 0. The summed E-state index contributed by atoms with van der Waals surface area (Å²) >= 11 is 0. The number of nitroso groups, excluding NO2 is 2. The van der Waals surface area contributed by atoms with Crippen molar-refractivity contribution in [1.29, 1.82) is 0 Å². The van der Waals surface area contributed by atoms with Gasteiger partial charge in [-0.2, -0.15) is 42.7 Å². The van der Waals surface area contributed by atoms with Gasteiger partial charge in [0.1, 0.15) is 11.2 Å². The van der Waals surface area contributed by atoms with Gasteiger partial charge in [-0.15, -0.1) is 9.81 Å². The zero-order valence-electron chi connectivity index (χ0n) is 12.1. The summed E-state index contributed by atoms with van der Waals surface area (Å²) in [6, 6.07) is 0. The molecule has 12 nitrogen and oxygen atoms in total. The van der Waals surface area contributed by atoms with Crippen molar-refractivity contribution in [2.45, 2.75) is 0 Å². The third kappa shape index (κ3) is 82600. The number of hydrogen-bond donors (Lipinski definition) is 0. The van der Waals surface area contributed by atoms with E-state index in [1.165, 1.54) is 0 Å². The Morgan fingerprint density at radius 1 is 0.400 bits per heavy atom. The Balaban J connectivity index is -0.00000000356. The van der Waals surface area contributed by atoms with E-state index in [4.69, 9.17) is 51.6 Å². The van der Waals surface area contributed by atoms with E-state index in [0.29, 0.717) is 0 Å². The van der Waals surface area contributed by atoms with Crippen LogP contribution in [0.25, 0.3) is 0 Å². The summed E-state index contributed by atoms with van der Waals surface area (Å²) in [6.45, 7) is 0. The van der Waals surface area contributed by atoms with Gasteiger partial charge >= 0.3 is 42.1 Å². The Morgan fingerprint density at radius 2 is 0.400 bits per heavy atom. The van der Waals surface area contributed by atoms with Crippen LogP contribution in [0.15, 0.2) is 0 Å². The molecule has 130 valence electrons. The second kappa shape index (κ2) is 97500. The van der Waals surface area contributed by atoms with E-state index in [-0.39, 0.29) is 53.1 Å². The maximum atomic E-state index is 8.25. The fraction of sp³-hybridized carbons (Fsp3) is 1.00. The molecule has 0 bridgehead atoms. The molecular weight excluding hydrogens is 452 g/mol. The minimum Gasteiger partial charge on any atom is -0.857 e. The molecule has 0 aromatic rings. The third-order valence-electron chi connectivity index (χ3n) is 0. The quantitative estimate of drug-likeness (QED) is 0.238. The van der Waals surface area contributed by atoms with Gasteiger partial charge in [-0.1, -0.05) is 0 Å². The van der Waals surface area contributed by atoms with Gasteiger partial charge < -0.3 is 41.6 Å². The maximum absolute atomic E-state index is 8.25. The molecule has 20 heavy (non-hydrogen) atoms. The van der Waals surface area contributed by atoms with Crippen molar-refractivity contribution in [2.75, 3.05) is 42.7 Å². The maximum Gasteiger partial charge on any atom is 2.00 e. The van der Waals surface area contributed by atoms with Gasteiger partial charge in [-0.3, -0.25) is 0 Å². The van der Waals surface area contributed by atoms with E-state index < -0.39 is 0 Å². The second-order valence-electron chi connectivity index (χ2n) is 0. The Kier molecular flexibility index (Phi) is 537000. The van der Waals surface area contributed by atoms with E-state index in [1.807, 2.05) is 0 Å². The number of rotatable bonds is 0. The molecular formula is C6H24Mo2N2O10. The molecule has 0 aromatic carbocycles. The van der Waals surface area contributed by atoms with Crippen LogP contribution in [-0.4, -0.2) is 42.7 Å².